The number of oxazole rings is 1. The van der Waals surface area contributed by atoms with E-state index in [0.717, 1.165) is 12.1 Å². The lowest BCUT2D eigenvalue weighted by molar-refractivity contribution is -0.137. The van der Waals surface area contributed by atoms with Gasteiger partial charge in [-0.3, -0.25) is 4.72 Å². The Balaban J connectivity index is 1.92. The number of hydrogen-bond acceptors (Lipinski definition) is 4. The van der Waals surface area contributed by atoms with Crippen LogP contribution >= 0.6 is 0 Å². The number of fused-ring (bicyclic) bond motifs is 1. The Morgan fingerprint density at radius 2 is 1.81 bits per heavy atom. The first-order valence-corrected chi connectivity index (χ1v) is 9.32. The summed E-state index contributed by atoms with van der Waals surface area (Å²) < 4.78 is 70.1. The van der Waals surface area contributed by atoms with Gasteiger partial charge >= 0.3 is 6.18 Å². The Hall–Kier alpha value is -2.81. The zero-order valence-corrected chi connectivity index (χ0v) is 15.1. The van der Waals surface area contributed by atoms with Gasteiger partial charge in [0.05, 0.1) is 16.2 Å². The molecule has 0 saturated carbocycles. The number of sulfonamides is 1. The molecule has 0 aliphatic heterocycles. The van der Waals surface area contributed by atoms with Gasteiger partial charge < -0.3 is 4.42 Å². The van der Waals surface area contributed by atoms with Gasteiger partial charge in [0, 0.05) is 5.56 Å². The average molecular weight is 396 g/mol. The molecule has 0 spiro atoms. The number of halogens is 3. The number of anilines is 1. The summed E-state index contributed by atoms with van der Waals surface area (Å²) in [5.41, 5.74) is 0.680. The molecule has 142 valence electrons. The highest BCUT2D eigenvalue weighted by atomic mass is 32.2. The quantitative estimate of drug-likeness (QED) is 0.660. The second-order valence-electron chi connectivity index (χ2n) is 5.78. The summed E-state index contributed by atoms with van der Waals surface area (Å²) in [6, 6.07) is 8.99. The van der Waals surface area contributed by atoms with Crippen molar-refractivity contribution in [2.75, 3.05) is 4.72 Å². The fraction of sp³-hybridized carbons (Fsp3) is 0.167. The molecule has 1 aromatic heterocycles. The van der Waals surface area contributed by atoms with Crippen LogP contribution in [0.5, 0.6) is 0 Å². The van der Waals surface area contributed by atoms with Crippen molar-refractivity contribution in [1.82, 2.24) is 4.98 Å². The topological polar surface area (TPSA) is 72.2 Å². The molecule has 1 heterocycles. The molecule has 3 aromatic rings. The van der Waals surface area contributed by atoms with Crippen molar-refractivity contribution in [1.29, 1.82) is 0 Å². The van der Waals surface area contributed by atoms with E-state index in [9.17, 15) is 21.6 Å². The molecule has 0 aliphatic rings. The lowest BCUT2D eigenvalue weighted by Crippen LogP contribution is -2.13. The van der Waals surface area contributed by atoms with Crippen LogP contribution in [0.2, 0.25) is 0 Å². The summed E-state index contributed by atoms with van der Waals surface area (Å²) in [7, 11) is -3.65. The third kappa shape index (κ3) is 3.97. The van der Waals surface area contributed by atoms with Crippen LogP contribution in [-0.2, 0) is 16.2 Å². The molecule has 0 unspecified atom stereocenters. The van der Waals surface area contributed by atoms with Crippen LogP contribution in [0, 0.1) is 0 Å². The molecule has 5 nitrogen and oxygen atoms in total. The van der Waals surface area contributed by atoms with E-state index in [1.165, 1.54) is 37.3 Å². The van der Waals surface area contributed by atoms with Crippen molar-refractivity contribution in [3.63, 3.8) is 0 Å². The summed E-state index contributed by atoms with van der Waals surface area (Å²) in [5.74, 6) is 0.142. The third-order valence-electron chi connectivity index (χ3n) is 3.93. The number of benzene rings is 2. The first-order valence-electron chi connectivity index (χ1n) is 7.84. The first-order chi connectivity index (χ1) is 12.6. The van der Waals surface area contributed by atoms with Gasteiger partial charge in [-0.25, -0.2) is 13.4 Å². The fourth-order valence-corrected chi connectivity index (χ4v) is 3.22. The van der Waals surface area contributed by atoms with Crippen LogP contribution in [0.1, 0.15) is 19.4 Å². The smallest absolute Gasteiger partial charge is 0.416 e. The lowest BCUT2D eigenvalue weighted by Gasteiger charge is -2.07. The summed E-state index contributed by atoms with van der Waals surface area (Å²) in [4.78, 5) is 4.41. The molecule has 0 aliphatic carbocycles. The largest absolute Gasteiger partial charge is 0.436 e. The van der Waals surface area contributed by atoms with Crippen LogP contribution in [0.25, 0.3) is 22.6 Å². The van der Waals surface area contributed by atoms with Crippen molar-refractivity contribution in [2.45, 2.75) is 20.0 Å². The van der Waals surface area contributed by atoms with Gasteiger partial charge in [0.2, 0.25) is 5.89 Å². The minimum Gasteiger partial charge on any atom is -0.436 e. The predicted molar refractivity (Wildman–Crippen MR) is 96.4 cm³/mol. The molecule has 2 aromatic carbocycles. The van der Waals surface area contributed by atoms with Gasteiger partial charge in [0.15, 0.2) is 5.58 Å². The summed E-state index contributed by atoms with van der Waals surface area (Å²) in [6.45, 7) is 3.09. The van der Waals surface area contributed by atoms with Gasteiger partial charge in [-0.2, -0.15) is 13.2 Å². The van der Waals surface area contributed by atoms with Gasteiger partial charge in [0.25, 0.3) is 10.0 Å². The van der Waals surface area contributed by atoms with Gasteiger partial charge in [0.1, 0.15) is 5.52 Å². The second kappa shape index (κ2) is 6.73. The highest BCUT2D eigenvalue weighted by Crippen LogP contribution is 2.32. The van der Waals surface area contributed by atoms with E-state index in [2.05, 4.69) is 9.71 Å². The van der Waals surface area contributed by atoms with Crippen molar-refractivity contribution < 1.29 is 26.0 Å². The molecule has 9 heteroatoms. The fourth-order valence-electron chi connectivity index (χ4n) is 2.31. The Labute approximate surface area is 153 Å². The minimum atomic E-state index is -4.42. The van der Waals surface area contributed by atoms with E-state index in [4.69, 9.17) is 4.42 Å². The number of aromatic nitrogens is 1. The normalized spacial score (nSPS) is 13.1. The molecule has 0 radical (unpaired) electrons. The van der Waals surface area contributed by atoms with Crippen molar-refractivity contribution in [3.05, 3.63) is 59.0 Å². The zero-order chi connectivity index (χ0) is 19.8. The van der Waals surface area contributed by atoms with E-state index in [1.807, 2.05) is 0 Å². The number of alkyl halides is 3. The van der Waals surface area contributed by atoms with E-state index < -0.39 is 21.8 Å². The van der Waals surface area contributed by atoms with Crippen molar-refractivity contribution in [3.8, 4) is 11.5 Å². The van der Waals surface area contributed by atoms with Crippen molar-refractivity contribution >= 4 is 26.8 Å². The van der Waals surface area contributed by atoms with Crippen LogP contribution < -0.4 is 4.72 Å². The molecule has 1 N–H and O–H groups in total. The number of hydrogen-bond donors (Lipinski definition) is 1. The Kier molecular flexibility index (Phi) is 4.73. The highest BCUT2D eigenvalue weighted by molar-refractivity contribution is 7.96. The second-order valence-corrected chi connectivity index (χ2v) is 7.64. The van der Waals surface area contributed by atoms with Crippen LogP contribution in [0.4, 0.5) is 18.9 Å². The first kappa shape index (κ1) is 19.0. The van der Waals surface area contributed by atoms with Crippen LogP contribution in [0.3, 0.4) is 0 Å². The number of nitrogens with zero attached hydrogens (tertiary/aromatic N) is 1. The average Bonchev–Trinajstić information content (AvgIpc) is 3.03. The van der Waals surface area contributed by atoms with E-state index in [1.54, 1.807) is 13.0 Å². The van der Waals surface area contributed by atoms with E-state index in [0.29, 0.717) is 22.4 Å². The Morgan fingerprint density at radius 1 is 1.15 bits per heavy atom. The molecule has 27 heavy (non-hydrogen) atoms. The third-order valence-corrected chi connectivity index (χ3v) is 5.52. The zero-order valence-electron chi connectivity index (χ0n) is 14.3. The summed E-state index contributed by atoms with van der Waals surface area (Å²) in [6.07, 6.45) is -2.95. The molecule has 0 saturated heterocycles. The lowest BCUT2D eigenvalue weighted by atomic mass is 10.1. The maximum atomic E-state index is 12.7. The Bertz CT molecular complexity index is 1110. The van der Waals surface area contributed by atoms with Gasteiger partial charge in [-0.05, 0) is 56.3 Å². The number of rotatable bonds is 4. The number of allylic oxidation sites excluding steroid dienone is 2. The van der Waals surface area contributed by atoms with E-state index in [-0.39, 0.29) is 10.8 Å². The predicted octanol–water partition coefficient (Wildman–Crippen LogP) is 5.18. The monoisotopic (exact) mass is 396 g/mol. The molecule has 0 bridgehead atoms. The van der Waals surface area contributed by atoms with Crippen LogP contribution in [-0.4, -0.2) is 13.4 Å². The van der Waals surface area contributed by atoms with Gasteiger partial charge in [-0.15, -0.1) is 0 Å². The molecule has 3 rings (SSSR count). The Morgan fingerprint density at radius 3 is 2.41 bits per heavy atom. The van der Waals surface area contributed by atoms with Gasteiger partial charge in [-0.1, -0.05) is 6.08 Å². The molecule has 0 fully saturated rings. The minimum absolute atomic E-state index is 0.142. The highest BCUT2D eigenvalue weighted by Gasteiger charge is 2.30. The maximum Gasteiger partial charge on any atom is 0.416 e. The SMILES string of the molecule is C/C=C(\C)S(=O)(=O)Nc1ccc2oc(-c3ccc(C(F)(F)F)cc3)nc2c1. The summed E-state index contributed by atoms with van der Waals surface area (Å²) in [5, 5.41) is 0. The number of nitrogens with one attached hydrogen (secondary N) is 1. The molecular weight excluding hydrogens is 381 g/mol. The van der Waals surface area contributed by atoms with Crippen LogP contribution in [0.15, 0.2) is 57.9 Å². The molecule has 0 amide bonds. The van der Waals surface area contributed by atoms with E-state index >= 15 is 0 Å². The maximum absolute atomic E-state index is 12.7. The molecular formula is C18H15F3N2O3S. The standard InChI is InChI=1S/C18H15F3N2O3S/c1-3-11(2)27(24,25)23-14-8-9-16-15(10-14)22-17(26-16)12-4-6-13(7-5-12)18(19,20)21/h3-10,23H,1-2H3/b11-3+. The molecule has 0 atom stereocenters. The summed E-state index contributed by atoms with van der Waals surface area (Å²) >= 11 is 0. The van der Waals surface area contributed by atoms with Crippen molar-refractivity contribution in [2.24, 2.45) is 0 Å².